The third-order valence-corrected chi connectivity index (χ3v) is 4.52. The van der Waals surface area contributed by atoms with E-state index < -0.39 is 0 Å². The molecule has 0 unspecified atom stereocenters. The van der Waals surface area contributed by atoms with Crippen molar-refractivity contribution >= 4 is 24.0 Å². The van der Waals surface area contributed by atoms with E-state index in [2.05, 4.69) is 30.7 Å². The second-order valence-corrected chi connectivity index (χ2v) is 7.74. The van der Waals surface area contributed by atoms with Gasteiger partial charge in [-0.15, -0.1) is 11.8 Å². The maximum atomic E-state index is 5.39. The van der Waals surface area contributed by atoms with Crippen LogP contribution in [0.25, 0.3) is 0 Å². The highest BCUT2D eigenvalue weighted by Crippen LogP contribution is 2.27. The van der Waals surface area contributed by atoms with Crippen molar-refractivity contribution in [2.75, 3.05) is 0 Å². The van der Waals surface area contributed by atoms with E-state index in [4.69, 9.17) is 12.2 Å². The number of aromatic amines is 1. The summed E-state index contributed by atoms with van der Waals surface area (Å²) in [5.41, 5.74) is 2.62. The van der Waals surface area contributed by atoms with Gasteiger partial charge in [0.05, 0.1) is 5.75 Å². The topological polar surface area (TPSA) is 28.7 Å². The number of H-pyrrole nitrogens is 1. The van der Waals surface area contributed by atoms with Gasteiger partial charge in [0, 0.05) is 16.0 Å². The molecular weight excluding hydrogens is 248 g/mol. The van der Waals surface area contributed by atoms with Gasteiger partial charge in [0.2, 0.25) is 0 Å². The summed E-state index contributed by atoms with van der Waals surface area (Å²) in [7, 11) is 0. The summed E-state index contributed by atoms with van der Waals surface area (Å²) in [6.45, 7) is 6.68. The SMILES string of the molecule is CC(C)(C)SCc1nc(=S)c2c([nH]1)CCCC2. The van der Waals surface area contributed by atoms with Crippen molar-refractivity contribution in [2.24, 2.45) is 0 Å². The van der Waals surface area contributed by atoms with Gasteiger partial charge in [-0.25, -0.2) is 4.98 Å². The van der Waals surface area contributed by atoms with Crippen molar-refractivity contribution < 1.29 is 0 Å². The first-order valence-corrected chi connectivity index (χ1v) is 7.60. The van der Waals surface area contributed by atoms with Crippen molar-refractivity contribution in [3.63, 3.8) is 0 Å². The fourth-order valence-electron chi connectivity index (χ4n) is 2.02. The molecule has 2 rings (SSSR count). The molecule has 0 fully saturated rings. The van der Waals surface area contributed by atoms with Gasteiger partial charge in [-0.2, -0.15) is 0 Å². The van der Waals surface area contributed by atoms with Crippen molar-refractivity contribution in [1.29, 1.82) is 0 Å². The molecule has 1 aromatic heterocycles. The molecule has 0 radical (unpaired) electrons. The Labute approximate surface area is 113 Å². The van der Waals surface area contributed by atoms with Gasteiger partial charge >= 0.3 is 0 Å². The van der Waals surface area contributed by atoms with Crippen LogP contribution in [-0.4, -0.2) is 14.7 Å². The highest BCUT2D eigenvalue weighted by Gasteiger charge is 2.15. The van der Waals surface area contributed by atoms with E-state index in [1.165, 1.54) is 24.1 Å². The first kappa shape index (κ1) is 13.1. The number of thioether (sulfide) groups is 1. The summed E-state index contributed by atoms with van der Waals surface area (Å²) in [4.78, 5) is 8.01. The summed E-state index contributed by atoms with van der Waals surface area (Å²) in [5, 5.41) is 0. The van der Waals surface area contributed by atoms with Gasteiger partial charge < -0.3 is 4.98 Å². The summed E-state index contributed by atoms with van der Waals surface area (Å²) < 4.78 is 1.09. The van der Waals surface area contributed by atoms with Crippen LogP contribution in [0.3, 0.4) is 0 Å². The Bertz CT molecular complexity index is 457. The van der Waals surface area contributed by atoms with E-state index in [-0.39, 0.29) is 4.75 Å². The number of nitrogens with zero attached hydrogens (tertiary/aromatic N) is 1. The number of rotatable bonds is 2. The van der Waals surface area contributed by atoms with Crippen LogP contribution in [0.1, 0.15) is 50.7 Å². The molecule has 1 aliphatic carbocycles. The molecule has 0 aliphatic heterocycles. The summed E-state index contributed by atoms with van der Waals surface area (Å²) >= 11 is 7.30. The van der Waals surface area contributed by atoms with Gasteiger partial charge in [-0.1, -0.05) is 33.0 Å². The maximum Gasteiger partial charge on any atom is 0.133 e. The number of nitrogens with one attached hydrogen (secondary N) is 1. The molecule has 0 spiro atoms. The molecule has 0 aromatic carbocycles. The van der Waals surface area contributed by atoms with Crippen LogP contribution in [0.2, 0.25) is 0 Å². The molecule has 0 amide bonds. The zero-order chi connectivity index (χ0) is 12.5. The van der Waals surface area contributed by atoms with Crippen LogP contribution in [0.4, 0.5) is 0 Å². The number of fused-ring (bicyclic) bond motifs is 1. The van der Waals surface area contributed by atoms with E-state index in [0.717, 1.165) is 29.1 Å². The highest BCUT2D eigenvalue weighted by atomic mass is 32.2. The number of hydrogen-bond acceptors (Lipinski definition) is 3. The molecule has 2 nitrogen and oxygen atoms in total. The third kappa shape index (κ3) is 3.55. The molecule has 0 atom stereocenters. The minimum absolute atomic E-state index is 0.271. The van der Waals surface area contributed by atoms with Crippen LogP contribution < -0.4 is 0 Å². The molecule has 17 heavy (non-hydrogen) atoms. The second kappa shape index (κ2) is 5.11. The Kier molecular flexibility index (Phi) is 3.93. The van der Waals surface area contributed by atoms with Crippen molar-refractivity contribution in [1.82, 2.24) is 9.97 Å². The maximum absolute atomic E-state index is 5.39. The quantitative estimate of drug-likeness (QED) is 0.820. The lowest BCUT2D eigenvalue weighted by molar-refractivity contribution is 0.654. The Balaban J connectivity index is 2.20. The molecule has 0 saturated carbocycles. The van der Waals surface area contributed by atoms with Gasteiger partial charge in [-0.05, 0) is 25.7 Å². The summed E-state index contributed by atoms with van der Waals surface area (Å²) in [5.74, 6) is 1.95. The van der Waals surface area contributed by atoms with Crippen molar-refractivity contribution in [3.05, 3.63) is 21.7 Å². The molecule has 4 heteroatoms. The summed E-state index contributed by atoms with van der Waals surface area (Å²) in [6.07, 6.45) is 4.76. The van der Waals surface area contributed by atoms with Crippen molar-refractivity contribution in [2.45, 2.75) is 57.0 Å². The molecule has 1 N–H and O–H groups in total. The Hall–Kier alpha value is -0.350. The van der Waals surface area contributed by atoms with Crippen molar-refractivity contribution in [3.8, 4) is 0 Å². The number of aryl methyl sites for hydroxylation is 1. The average molecular weight is 268 g/mol. The van der Waals surface area contributed by atoms with E-state index in [0.29, 0.717) is 0 Å². The zero-order valence-corrected chi connectivity index (χ0v) is 12.4. The minimum Gasteiger partial charge on any atom is -0.346 e. The Morgan fingerprint density at radius 3 is 2.71 bits per heavy atom. The zero-order valence-electron chi connectivity index (χ0n) is 10.8. The van der Waals surface area contributed by atoms with Gasteiger partial charge in [0.15, 0.2) is 0 Å². The van der Waals surface area contributed by atoms with Crippen LogP contribution in [0.5, 0.6) is 0 Å². The van der Waals surface area contributed by atoms with Gasteiger partial charge in [0.25, 0.3) is 0 Å². The van der Waals surface area contributed by atoms with Gasteiger partial charge in [-0.3, -0.25) is 0 Å². The normalized spacial score (nSPS) is 15.7. The molecule has 0 saturated heterocycles. The lowest BCUT2D eigenvalue weighted by Crippen LogP contribution is -2.12. The van der Waals surface area contributed by atoms with Crippen LogP contribution in [0.15, 0.2) is 0 Å². The fourth-order valence-corrected chi connectivity index (χ4v) is 3.07. The molecular formula is C13H20N2S2. The fraction of sp³-hybridized carbons (Fsp3) is 0.692. The molecule has 1 aromatic rings. The molecule has 94 valence electrons. The van der Waals surface area contributed by atoms with E-state index >= 15 is 0 Å². The van der Waals surface area contributed by atoms with Crippen LogP contribution in [0, 0.1) is 4.64 Å². The molecule has 1 heterocycles. The molecule has 1 aliphatic rings. The van der Waals surface area contributed by atoms with Gasteiger partial charge in [0.1, 0.15) is 10.5 Å². The summed E-state index contributed by atoms with van der Waals surface area (Å²) in [6, 6.07) is 0. The van der Waals surface area contributed by atoms with E-state index in [9.17, 15) is 0 Å². The third-order valence-electron chi connectivity index (χ3n) is 2.90. The van der Waals surface area contributed by atoms with Crippen LogP contribution >= 0.6 is 24.0 Å². The average Bonchev–Trinajstić information content (AvgIpc) is 2.26. The first-order chi connectivity index (χ1) is 7.96. The second-order valence-electron chi connectivity index (χ2n) is 5.55. The minimum atomic E-state index is 0.271. The van der Waals surface area contributed by atoms with E-state index in [1.807, 2.05) is 11.8 Å². The largest absolute Gasteiger partial charge is 0.346 e. The molecule has 0 bridgehead atoms. The number of hydrogen-bond donors (Lipinski definition) is 1. The highest BCUT2D eigenvalue weighted by molar-refractivity contribution is 7.99. The lowest BCUT2D eigenvalue weighted by atomic mass is 9.97. The predicted molar refractivity (Wildman–Crippen MR) is 77.1 cm³/mol. The smallest absolute Gasteiger partial charge is 0.133 e. The lowest BCUT2D eigenvalue weighted by Gasteiger charge is -2.19. The number of aromatic nitrogens is 2. The van der Waals surface area contributed by atoms with Crippen LogP contribution in [-0.2, 0) is 18.6 Å². The predicted octanol–water partition coefficient (Wildman–Crippen LogP) is 4.05. The van der Waals surface area contributed by atoms with E-state index in [1.54, 1.807) is 0 Å². The Morgan fingerprint density at radius 1 is 1.29 bits per heavy atom. The Morgan fingerprint density at radius 2 is 2.00 bits per heavy atom. The standard InChI is InChI=1S/C13H20N2S2/c1-13(2,3)17-8-11-14-10-7-5-4-6-9(10)12(16)15-11/h4-8H2,1-3H3,(H,14,15,16). The monoisotopic (exact) mass is 268 g/mol. The first-order valence-electron chi connectivity index (χ1n) is 6.20.